The van der Waals surface area contributed by atoms with E-state index in [0.29, 0.717) is 13.1 Å². The maximum Gasteiger partial charge on any atom is 0.238 e. The lowest BCUT2D eigenvalue weighted by molar-refractivity contribution is -0.117. The third-order valence-corrected chi connectivity index (χ3v) is 3.77. The van der Waals surface area contributed by atoms with E-state index in [9.17, 15) is 9.18 Å². The van der Waals surface area contributed by atoms with Gasteiger partial charge in [-0.05, 0) is 36.6 Å². The quantitative estimate of drug-likeness (QED) is 0.782. The number of carbonyl (C=O) groups excluding carboxylic acids is 1. The van der Waals surface area contributed by atoms with Gasteiger partial charge in [0.2, 0.25) is 5.91 Å². The monoisotopic (exact) mass is 329 g/mol. The lowest BCUT2D eigenvalue weighted by Gasteiger charge is -2.21. The molecule has 0 bridgehead atoms. The highest BCUT2D eigenvalue weighted by molar-refractivity contribution is 5.92. The summed E-state index contributed by atoms with van der Waals surface area (Å²) in [7, 11) is 0. The second-order valence-corrected chi connectivity index (χ2v) is 5.83. The van der Waals surface area contributed by atoms with E-state index in [1.165, 1.54) is 11.6 Å². The molecule has 0 radical (unpaired) electrons. The van der Waals surface area contributed by atoms with Crippen molar-refractivity contribution in [3.8, 4) is 0 Å². The number of nitrogens with zero attached hydrogens (tertiary/aromatic N) is 1. The normalized spacial score (nSPS) is 10.8. The Morgan fingerprint density at radius 3 is 2.58 bits per heavy atom. The van der Waals surface area contributed by atoms with Crippen molar-refractivity contribution < 1.29 is 9.18 Å². The van der Waals surface area contributed by atoms with Gasteiger partial charge in [-0.3, -0.25) is 9.69 Å². The number of halogens is 1. The first-order chi connectivity index (χ1) is 11.6. The first kappa shape index (κ1) is 18.1. The summed E-state index contributed by atoms with van der Waals surface area (Å²) in [6.45, 7) is 3.82. The Labute approximate surface area is 142 Å². The molecule has 0 aliphatic carbocycles. The van der Waals surface area contributed by atoms with E-state index in [-0.39, 0.29) is 18.1 Å². The van der Waals surface area contributed by atoms with Crippen molar-refractivity contribution in [3.63, 3.8) is 0 Å². The van der Waals surface area contributed by atoms with Crippen molar-refractivity contribution in [1.82, 2.24) is 4.90 Å². The highest BCUT2D eigenvalue weighted by Crippen LogP contribution is 2.15. The molecule has 2 rings (SSSR count). The van der Waals surface area contributed by atoms with Crippen molar-refractivity contribution in [2.24, 2.45) is 5.73 Å². The summed E-state index contributed by atoms with van der Waals surface area (Å²) in [5.74, 6) is -0.655. The van der Waals surface area contributed by atoms with Gasteiger partial charge in [0.25, 0.3) is 0 Å². The summed E-state index contributed by atoms with van der Waals surface area (Å²) in [5, 5.41) is 2.63. The Balaban J connectivity index is 1.90. The van der Waals surface area contributed by atoms with Crippen molar-refractivity contribution in [1.29, 1.82) is 0 Å². The standard InChI is InChI=1S/C19H24FN3O/c1-15-7-8-18(17(20)13-15)22-19(24)14-23(12-10-21)11-9-16-5-3-2-4-6-16/h2-8,13H,9-12,14,21H2,1H3,(H,22,24). The predicted octanol–water partition coefficient (Wildman–Crippen LogP) is 2.58. The molecule has 3 N–H and O–H groups in total. The Morgan fingerprint density at radius 1 is 1.17 bits per heavy atom. The largest absolute Gasteiger partial charge is 0.329 e. The van der Waals surface area contributed by atoms with Crippen LogP contribution < -0.4 is 11.1 Å². The van der Waals surface area contributed by atoms with Crippen molar-refractivity contribution in [2.45, 2.75) is 13.3 Å². The summed E-state index contributed by atoms with van der Waals surface area (Å²) in [4.78, 5) is 14.2. The minimum Gasteiger partial charge on any atom is -0.329 e. The van der Waals surface area contributed by atoms with Crippen LogP contribution in [0.15, 0.2) is 48.5 Å². The average Bonchev–Trinajstić information content (AvgIpc) is 2.56. The molecule has 128 valence electrons. The number of nitrogens with two attached hydrogens (primary N) is 1. The van der Waals surface area contributed by atoms with Gasteiger partial charge in [0, 0.05) is 19.6 Å². The molecule has 5 heteroatoms. The maximum absolute atomic E-state index is 13.8. The van der Waals surface area contributed by atoms with Gasteiger partial charge < -0.3 is 11.1 Å². The van der Waals surface area contributed by atoms with Crippen molar-refractivity contribution in [2.75, 3.05) is 31.5 Å². The molecule has 0 aliphatic rings. The summed E-state index contributed by atoms with van der Waals surface area (Å²) in [6, 6.07) is 14.8. The molecule has 0 fully saturated rings. The van der Waals surface area contributed by atoms with Gasteiger partial charge in [0.1, 0.15) is 5.82 Å². The van der Waals surface area contributed by atoms with E-state index in [2.05, 4.69) is 17.4 Å². The van der Waals surface area contributed by atoms with Gasteiger partial charge in [0.15, 0.2) is 0 Å². The SMILES string of the molecule is Cc1ccc(NC(=O)CN(CCN)CCc2ccccc2)c(F)c1. The van der Waals surface area contributed by atoms with Gasteiger partial charge in [-0.25, -0.2) is 4.39 Å². The molecule has 0 aliphatic heterocycles. The van der Waals surface area contributed by atoms with Gasteiger partial charge in [-0.2, -0.15) is 0 Å². The van der Waals surface area contributed by atoms with Crippen LogP contribution in [0, 0.1) is 12.7 Å². The Kier molecular flexibility index (Phi) is 6.90. The highest BCUT2D eigenvalue weighted by atomic mass is 19.1. The highest BCUT2D eigenvalue weighted by Gasteiger charge is 2.12. The minimum atomic E-state index is -0.419. The molecule has 1 amide bonds. The number of amides is 1. The van der Waals surface area contributed by atoms with Crippen LogP contribution in [0.4, 0.5) is 10.1 Å². The molecule has 0 saturated carbocycles. The number of carbonyl (C=O) groups is 1. The molecular weight excluding hydrogens is 305 g/mol. The Morgan fingerprint density at radius 2 is 1.92 bits per heavy atom. The van der Waals surface area contributed by atoms with E-state index in [4.69, 9.17) is 5.73 Å². The number of rotatable bonds is 8. The van der Waals surface area contributed by atoms with Crippen molar-refractivity contribution in [3.05, 3.63) is 65.5 Å². The van der Waals surface area contributed by atoms with Gasteiger partial charge in [-0.15, -0.1) is 0 Å². The average molecular weight is 329 g/mol. The fourth-order valence-corrected chi connectivity index (χ4v) is 2.50. The Bertz CT molecular complexity index is 661. The van der Waals surface area contributed by atoms with E-state index in [0.717, 1.165) is 18.5 Å². The summed E-state index contributed by atoms with van der Waals surface area (Å²) in [5.41, 5.74) is 7.87. The lowest BCUT2D eigenvalue weighted by Crippen LogP contribution is -2.38. The van der Waals surface area contributed by atoms with Crippen LogP contribution >= 0.6 is 0 Å². The smallest absolute Gasteiger partial charge is 0.238 e. The summed E-state index contributed by atoms with van der Waals surface area (Å²) < 4.78 is 13.8. The van der Waals surface area contributed by atoms with Crippen LogP contribution in [0.2, 0.25) is 0 Å². The molecule has 0 spiro atoms. The fraction of sp³-hybridized carbons (Fsp3) is 0.316. The van der Waals surface area contributed by atoms with Gasteiger partial charge in [0.05, 0.1) is 12.2 Å². The molecule has 0 saturated heterocycles. The minimum absolute atomic E-state index is 0.192. The van der Waals surface area contributed by atoms with Crippen LogP contribution in [0.1, 0.15) is 11.1 Å². The van der Waals surface area contributed by atoms with E-state index < -0.39 is 5.82 Å². The molecule has 0 heterocycles. The van der Waals surface area contributed by atoms with E-state index >= 15 is 0 Å². The second kappa shape index (κ2) is 9.15. The number of benzene rings is 2. The third kappa shape index (κ3) is 5.76. The van der Waals surface area contributed by atoms with Crippen molar-refractivity contribution >= 4 is 11.6 Å². The van der Waals surface area contributed by atoms with Crippen LogP contribution in [-0.4, -0.2) is 37.0 Å². The third-order valence-electron chi connectivity index (χ3n) is 3.77. The van der Waals surface area contributed by atoms with E-state index in [1.807, 2.05) is 23.1 Å². The van der Waals surface area contributed by atoms with Crippen LogP contribution in [0.3, 0.4) is 0 Å². The van der Waals surface area contributed by atoms with Gasteiger partial charge >= 0.3 is 0 Å². The lowest BCUT2D eigenvalue weighted by atomic mass is 10.1. The molecular formula is C19H24FN3O. The van der Waals surface area contributed by atoms with Crippen LogP contribution in [-0.2, 0) is 11.2 Å². The zero-order valence-electron chi connectivity index (χ0n) is 14.0. The molecule has 0 unspecified atom stereocenters. The predicted molar refractivity (Wildman–Crippen MR) is 95.4 cm³/mol. The van der Waals surface area contributed by atoms with Gasteiger partial charge in [-0.1, -0.05) is 36.4 Å². The number of hydrogen-bond donors (Lipinski definition) is 2. The first-order valence-corrected chi connectivity index (χ1v) is 8.11. The molecule has 24 heavy (non-hydrogen) atoms. The molecule has 0 atom stereocenters. The zero-order chi connectivity index (χ0) is 17.4. The second-order valence-electron chi connectivity index (χ2n) is 5.83. The topological polar surface area (TPSA) is 58.4 Å². The van der Waals surface area contributed by atoms with Crippen LogP contribution in [0.25, 0.3) is 0 Å². The molecule has 4 nitrogen and oxygen atoms in total. The number of nitrogens with one attached hydrogen (secondary N) is 1. The number of aryl methyl sites for hydroxylation is 1. The van der Waals surface area contributed by atoms with Crippen LogP contribution in [0.5, 0.6) is 0 Å². The summed E-state index contributed by atoms with van der Waals surface area (Å²) >= 11 is 0. The Hall–Kier alpha value is -2.24. The first-order valence-electron chi connectivity index (χ1n) is 8.11. The fourth-order valence-electron chi connectivity index (χ4n) is 2.50. The molecule has 2 aromatic carbocycles. The zero-order valence-corrected chi connectivity index (χ0v) is 14.0. The maximum atomic E-state index is 13.8. The molecule has 2 aromatic rings. The number of hydrogen-bond acceptors (Lipinski definition) is 3. The molecule has 0 aromatic heterocycles. The van der Waals surface area contributed by atoms with E-state index in [1.54, 1.807) is 19.1 Å². The summed E-state index contributed by atoms with van der Waals surface area (Å²) in [6.07, 6.45) is 0.840. The number of anilines is 1.